The number of nitrogens with two attached hydrogens (primary N) is 1. The van der Waals surface area contributed by atoms with E-state index in [1.54, 1.807) is 10.8 Å². The molecule has 98 valence electrons. The molecule has 1 aromatic carbocycles. The van der Waals surface area contributed by atoms with E-state index in [9.17, 15) is 4.79 Å². The van der Waals surface area contributed by atoms with Crippen molar-refractivity contribution in [2.75, 3.05) is 18.8 Å². The molecule has 3 rings (SSSR count). The Morgan fingerprint density at radius 1 is 1.32 bits per heavy atom. The summed E-state index contributed by atoms with van der Waals surface area (Å²) in [5, 5.41) is 4.77. The summed E-state index contributed by atoms with van der Waals surface area (Å²) >= 11 is 0. The van der Waals surface area contributed by atoms with E-state index >= 15 is 0 Å². The van der Waals surface area contributed by atoms with E-state index in [0.29, 0.717) is 11.1 Å². The molecule has 1 aliphatic rings. The summed E-state index contributed by atoms with van der Waals surface area (Å²) in [6.45, 7) is 3.80. The number of nitrogen functional groups attached to an aromatic ring is 1. The van der Waals surface area contributed by atoms with Gasteiger partial charge in [-0.25, -0.2) is 0 Å². The normalized spacial score (nSPS) is 17.4. The number of pyridine rings is 1. The maximum absolute atomic E-state index is 12.4. The van der Waals surface area contributed by atoms with Gasteiger partial charge in [0.25, 0.3) is 5.56 Å². The molecule has 0 spiro atoms. The van der Waals surface area contributed by atoms with Crippen molar-refractivity contribution in [3.63, 3.8) is 0 Å². The number of anilines is 1. The zero-order chi connectivity index (χ0) is 13.4. The van der Waals surface area contributed by atoms with Crippen molar-refractivity contribution in [3.8, 4) is 0 Å². The average Bonchev–Trinajstić information content (AvgIpc) is 2.90. The van der Waals surface area contributed by atoms with Gasteiger partial charge in [-0.1, -0.05) is 6.07 Å². The molecular weight excluding hydrogens is 238 g/mol. The van der Waals surface area contributed by atoms with Crippen LogP contribution in [0.2, 0.25) is 0 Å². The molecule has 0 saturated carbocycles. The number of rotatable bonds is 1. The molecule has 1 saturated heterocycles. The first-order valence-electron chi connectivity index (χ1n) is 6.47. The second kappa shape index (κ2) is 4.55. The minimum absolute atomic E-state index is 0.0106. The van der Waals surface area contributed by atoms with E-state index in [2.05, 4.69) is 5.32 Å². The van der Waals surface area contributed by atoms with Crippen LogP contribution in [0.1, 0.15) is 12.0 Å². The number of aromatic nitrogens is 1. The van der Waals surface area contributed by atoms with E-state index in [4.69, 9.17) is 5.73 Å². The van der Waals surface area contributed by atoms with Crippen molar-refractivity contribution < 1.29 is 0 Å². The standard InChI is InChI=1S/C15H17N3O/c1-10-2-3-13-12(14(10)16)5-7-18(15(13)19)9-11-4-6-17-8-11/h2-3,5,7,9,17H,4,6,8,16H2,1H3. The SMILES string of the molecule is Cc1ccc2c(=O)n(C=C3CCNC3)ccc2c1N. The van der Waals surface area contributed by atoms with Gasteiger partial charge in [-0.2, -0.15) is 0 Å². The summed E-state index contributed by atoms with van der Waals surface area (Å²) < 4.78 is 1.65. The Hall–Kier alpha value is -2.07. The van der Waals surface area contributed by atoms with Gasteiger partial charge in [0.15, 0.2) is 0 Å². The van der Waals surface area contributed by atoms with Crippen LogP contribution in [0.3, 0.4) is 0 Å². The fourth-order valence-electron chi connectivity index (χ4n) is 2.47. The van der Waals surface area contributed by atoms with Gasteiger partial charge in [-0.05, 0) is 43.2 Å². The molecule has 19 heavy (non-hydrogen) atoms. The molecule has 1 aromatic heterocycles. The lowest BCUT2D eigenvalue weighted by Crippen LogP contribution is -2.16. The molecule has 1 fully saturated rings. The lowest BCUT2D eigenvalue weighted by atomic mass is 10.1. The van der Waals surface area contributed by atoms with Crippen LogP contribution in [0.15, 0.2) is 34.8 Å². The highest BCUT2D eigenvalue weighted by Gasteiger charge is 2.08. The number of hydrogen-bond donors (Lipinski definition) is 2. The molecule has 1 aliphatic heterocycles. The molecule has 0 aliphatic carbocycles. The van der Waals surface area contributed by atoms with Crippen molar-refractivity contribution >= 4 is 22.7 Å². The fourth-order valence-corrected chi connectivity index (χ4v) is 2.47. The van der Waals surface area contributed by atoms with E-state index < -0.39 is 0 Å². The monoisotopic (exact) mass is 255 g/mol. The Kier molecular flexibility index (Phi) is 2.87. The molecule has 0 radical (unpaired) electrons. The Balaban J connectivity index is 2.19. The second-order valence-corrected chi connectivity index (χ2v) is 5.00. The molecule has 0 atom stereocenters. The first kappa shape index (κ1) is 12.0. The number of aryl methyl sites for hydroxylation is 1. The number of nitrogens with one attached hydrogen (secondary N) is 1. The van der Waals surface area contributed by atoms with Gasteiger partial charge in [0.2, 0.25) is 0 Å². The van der Waals surface area contributed by atoms with Gasteiger partial charge in [0.05, 0.1) is 0 Å². The summed E-state index contributed by atoms with van der Waals surface area (Å²) in [6, 6.07) is 5.66. The maximum Gasteiger partial charge on any atom is 0.262 e. The summed E-state index contributed by atoms with van der Waals surface area (Å²) in [4.78, 5) is 12.4. The van der Waals surface area contributed by atoms with E-state index in [0.717, 1.165) is 30.5 Å². The average molecular weight is 255 g/mol. The Morgan fingerprint density at radius 3 is 2.89 bits per heavy atom. The van der Waals surface area contributed by atoms with Crippen molar-refractivity contribution in [3.05, 3.63) is 45.9 Å². The topological polar surface area (TPSA) is 60.0 Å². The summed E-state index contributed by atoms with van der Waals surface area (Å²) in [7, 11) is 0. The largest absolute Gasteiger partial charge is 0.398 e. The van der Waals surface area contributed by atoms with Gasteiger partial charge >= 0.3 is 0 Å². The van der Waals surface area contributed by atoms with E-state index in [1.807, 2.05) is 31.3 Å². The maximum atomic E-state index is 12.4. The van der Waals surface area contributed by atoms with Crippen LogP contribution in [-0.4, -0.2) is 17.7 Å². The predicted molar refractivity (Wildman–Crippen MR) is 79.1 cm³/mol. The molecular formula is C15H17N3O. The third-order valence-corrected chi connectivity index (χ3v) is 3.67. The predicted octanol–water partition coefficient (Wildman–Crippen LogP) is 1.73. The fraction of sp³-hybridized carbons (Fsp3) is 0.267. The van der Waals surface area contributed by atoms with Crippen molar-refractivity contribution in [2.24, 2.45) is 0 Å². The molecule has 0 bridgehead atoms. The number of fused-ring (bicyclic) bond motifs is 1. The van der Waals surface area contributed by atoms with Crippen LogP contribution in [0.4, 0.5) is 5.69 Å². The third kappa shape index (κ3) is 2.04. The minimum Gasteiger partial charge on any atom is -0.398 e. The smallest absolute Gasteiger partial charge is 0.262 e. The van der Waals surface area contributed by atoms with Gasteiger partial charge in [0, 0.05) is 35.4 Å². The lowest BCUT2D eigenvalue weighted by molar-refractivity contribution is 0.862. The van der Waals surface area contributed by atoms with Crippen LogP contribution in [0, 0.1) is 6.92 Å². The zero-order valence-corrected chi connectivity index (χ0v) is 10.9. The second-order valence-electron chi connectivity index (χ2n) is 5.00. The zero-order valence-electron chi connectivity index (χ0n) is 10.9. The molecule has 3 N–H and O–H groups in total. The van der Waals surface area contributed by atoms with Crippen LogP contribution in [-0.2, 0) is 0 Å². The quantitative estimate of drug-likeness (QED) is 0.763. The van der Waals surface area contributed by atoms with Gasteiger partial charge in [-0.15, -0.1) is 0 Å². The van der Waals surface area contributed by atoms with Crippen LogP contribution in [0.5, 0.6) is 0 Å². The highest BCUT2D eigenvalue weighted by molar-refractivity contribution is 5.93. The molecule has 0 amide bonds. The number of hydrogen-bond acceptors (Lipinski definition) is 3. The van der Waals surface area contributed by atoms with Crippen molar-refractivity contribution in [2.45, 2.75) is 13.3 Å². The van der Waals surface area contributed by atoms with Crippen LogP contribution >= 0.6 is 0 Å². The van der Waals surface area contributed by atoms with Crippen molar-refractivity contribution in [1.29, 1.82) is 0 Å². The Morgan fingerprint density at radius 2 is 2.16 bits per heavy atom. The molecule has 2 heterocycles. The highest BCUT2D eigenvalue weighted by Crippen LogP contribution is 2.21. The summed E-state index contributed by atoms with van der Waals surface area (Å²) in [5.41, 5.74) is 8.96. The van der Waals surface area contributed by atoms with Crippen molar-refractivity contribution in [1.82, 2.24) is 9.88 Å². The summed E-state index contributed by atoms with van der Waals surface area (Å²) in [5.74, 6) is 0. The molecule has 2 aromatic rings. The first-order chi connectivity index (χ1) is 9.16. The Bertz CT molecular complexity index is 720. The first-order valence-corrected chi connectivity index (χ1v) is 6.47. The van der Waals surface area contributed by atoms with Crippen LogP contribution in [0.25, 0.3) is 17.0 Å². The van der Waals surface area contributed by atoms with Crippen LogP contribution < -0.4 is 16.6 Å². The van der Waals surface area contributed by atoms with Gasteiger partial charge in [0.1, 0.15) is 0 Å². The lowest BCUT2D eigenvalue weighted by Gasteiger charge is -2.07. The summed E-state index contributed by atoms with van der Waals surface area (Å²) in [6.07, 6.45) is 4.73. The third-order valence-electron chi connectivity index (χ3n) is 3.67. The molecule has 4 heteroatoms. The van der Waals surface area contributed by atoms with E-state index in [-0.39, 0.29) is 5.56 Å². The number of nitrogens with zero attached hydrogens (tertiary/aromatic N) is 1. The van der Waals surface area contributed by atoms with Gasteiger partial charge in [-0.3, -0.25) is 9.36 Å². The molecule has 0 unspecified atom stereocenters. The van der Waals surface area contributed by atoms with E-state index in [1.165, 1.54) is 5.57 Å². The highest BCUT2D eigenvalue weighted by atomic mass is 16.1. The minimum atomic E-state index is -0.0106. The Labute approximate surface area is 111 Å². The molecule has 4 nitrogen and oxygen atoms in total. The number of benzene rings is 1. The van der Waals surface area contributed by atoms with Gasteiger partial charge < -0.3 is 11.1 Å².